The molecule has 0 saturated carbocycles. The van der Waals surface area contributed by atoms with E-state index in [0.29, 0.717) is 42.9 Å². The number of esters is 2. The smallest absolute Gasteiger partial charge is 0.302 e. The number of carbonyl (C=O) groups is 2. The molecule has 8 bridgehead atoms. The van der Waals surface area contributed by atoms with E-state index in [9.17, 15) is 19.8 Å². The van der Waals surface area contributed by atoms with Gasteiger partial charge in [-0.25, -0.2) is 0 Å². The molecule has 4 aromatic rings. The molecule has 0 aliphatic heterocycles. The van der Waals surface area contributed by atoms with Gasteiger partial charge in [-0.1, -0.05) is 72.8 Å². The van der Waals surface area contributed by atoms with Crippen LogP contribution in [0.5, 0.6) is 23.0 Å². The van der Waals surface area contributed by atoms with Crippen LogP contribution in [0.4, 0.5) is 0 Å². The molecule has 1 aliphatic rings. The third kappa shape index (κ3) is 8.62. The van der Waals surface area contributed by atoms with Crippen LogP contribution in [0.25, 0.3) is 0 Å². The number of aromatic hydroxyl groups is 1. The number of benzene rings is 4. The van der Waals surface area contributed by atoms with E-state index in [1.54, 1.807) is 0 Å². The summed E-state index contributed by atoms with van der Waals surface area (Å²) in [6, 6.07) is 23.6. The van der Waals surface area contributed by atoms with Gasteiger partial charge in [-0.3, -0.25) is 9.59 Å². The average Bonchev–Trinajstić information content (AvgIpc) is 3.04. The van der Waals surface area contributed by atoms with Gasteiger partial charge in [-0.05, 0) is 44.5 Å². The van der Waals surface area contributed by atoms with Crippen molar-refractivity contribution in [3.8, 4) is 23.0 Å². The van der Waals surface area contributed by atoms with E-state index >= 15 is 0 Å². The Morgan fingerprint density at radius 3 is 1.13 bits per heavy atom. The number of aliphatic hydroxyl groups is 1. The normalized spacial score (nSPS) is 12.1. The Hall–Kier alpha value is -5.02. The number of para-hydroxylation sites is 4. The second kappa shape index (κ2) is 16.0. The Bertz CT molecular complexity index is 1600. The lowest BCUT2D eigenvalue weighted by Gasteiger charge is -2.21. The van der Waals surface area contributed by atoms with Gasteiger partial charge in [0.25, 0.3) is 0 Å². The van der Waals surface area contributed by atoms with Gasteiger partial charge in [0.15, 0.2) is 0 Å². The van der Waals surface area contributed by atoms with Crippen LogP contribution in [0.2, 0.25) is 0 Å². The highest BCUT2D eigenvalue weighted by atomic mass is 16.6. The Morgan fingerprint density at radius 1 is 0.511 bits per heavy atom. The summed E-state index contributed by atoms with van der Waals surface area (Å²) in [6.07, 6.45) is 1.72. The Morgan fingerprint density at radius 2 is 0.809 bits per heavy atom. The molecular weight excluding hydrogens is 600 g/mol. The lowest BCUT2D eigenvalue weighted by atomic mass is 9.91. The Kier molecular flexibility index (Phi) is 11.4. The molecule has 0 spiro atoms. The van der Waals surface area contributed by atoms with Gasteiger partial charge in [0.2, 0.25) is 0 Å². The zero-order valence-corrected chi connectivity index (χ0v) is 26.8. The number of hydrogen-bond donors (Lipinski definition) is 2. The van der Waals surface area contributed by atoms with E-state index in [2.05, 4.69) is 0 Å². The highest BCUT2D eigenvalue weighted by Gasteiger charge is 2.21. The number of rotatable bonds is 11. The molecular formula is C38H40O9. The number of fused-ring (bicyclic) bond motifs is 8. The van der Waals surface area contributed by atoms with Gasteiger partial charge in [0.05, 0.1) is 6.61 Å². The van der Waals surface area contributed by atoms with Gasteiger partial charge in [0, 0.05) is 39.5 Å². The number of phenols is 1. The highest BCUT2D eigenvalue weighted by molar-refractivity contribution is 5.66. The van der Waals surface area contributed by atoms with Crippen LogP contribution in [0, 0.1) is 0 Å². The molecule has 2 N–H and O–H groups in total. The number of ether oxygens (including phenoxy) is 5. The first kappa shape index (κ1) is 33.3. The van der Waals surface area contributed by atoms with Gasteiger partial charge < -0.3 is 33.9 Å². The topological polar surface area (TPSA) is 121 Å². The fraction of sp³-hybridized carbons (Fsp3) is 0.316. The first-order valence-electron chi connectivity index (χ1n) is 15.7. The predicted octanol–water partition coefficient (Wildman–Crippen LogP) is 5.32. The number of aliphatic hydroxyl groups excluding tert-OH is 1. The van der Waals surface area contributed by atoms with E-state index in [4.69, 9.17) is 23.7 Å². The summed E-state index contributed by atoms with van der Waals surface area (Å²) in [7, 11) is 0. The number of phenolic OH excluding ortho intramolecular Hbond substituents is 1. The summed E-state index contributed by atoms with van der Waals surface area (Å²) >= 11 is 0. The molecule has 0 amide bonds. The molecule has 0 saturated heterocycles. The van der Waals surface area contributed by atoms with Crippen molar-refractivity contribution in [2.24, 2.45) is 0 Å². The lowest BCUT2D eigenvalue weighted by Crippen LogP contribution is -2.13. The van der Waals surface area contributed by atoms with Crippen LogP contribution < -0.4 is 14.2 Å². The molecule has 5 rings (SSSR count). The van der Waals surface area contributed by atoms with E-state index < -0.39 is 0 Å². The fourth-order valence-electron chi connectivity index (χ4n) is 5.86. The molecule has 0 heterocycles. The molecule has 0 atom stereocenters. The molecule has 0 unspecified atom stereocenters. The summed E-state index contributed by atoms with van der Waals surface area (Å²) in [5.41, 5.74) is 6.82. The average molecular weight is 641 g/mol. The second-order valence-corrected chi connectivity index (χ2v) is 11.3. The van der Waals surface area contributed by atoms with Gasteiger partial charge in [0.1, 0.15) is 56.0 Å². The summed E-state index contributed by atoms with van der Waals surface area (Å²) in [5.74, 6) is 1.42. The quantitative estimate of drug-likeness (QED) is 0.146. The van der Waals surface area contributed by atoms with E-state index in [1.165, 1.54) is 13.8 Å². The monoisotopic (exact) mass is 640 g/mol. The van der Waals surface area contributed by atoms with E-state index in [1.807, 2.05) is 72.8 Å². The predicted molar refractivity (Wildman–Crippen MR) is 175 cm³/mol. The summed E-state index contributed by atoms with van der Waals surface area (Å²) in [6.45, 7) is 3.24. The van der Waals surface area contributed by atoms with Crippen LogP contribution in [-0.4, -0.2) is 61.8 Å². The first-order valence-corrected chi connectivity index (χ1v) is 15.7. The van der Waals surface area contributed by atoms with Crippen molar-refractivity contribution in [1.29, 1.82) is 0 Å². The highest BCUT2D eigenvalue weighted by Crippen LogP contribution is 2.38. The largest absolute Gasteiger partial charge is 0.507 e. The van der Waals surface area contributed by atoms with Crippen molar-refractivity contribution in [2.75, 3.05) is 39.6 Å². The van der Waals surface area contributed by atoms with Crippen LogP contribution in [0.1, 0.15) is 58.4 Å². The molecule has 4 aromatic carbocycles. The Labute approximate surface area is 274 Å². The molecule has 47 heavy (non-hydrogen) atoms. The lowest BCUT2D eigenvalue weighted by molar-refractivity contribution is -0.142. The first-order chi connectivity index (χ1) is 22.8. The summed E-state index contributed by atoms with van der Waals surface area (Å²) < 4.78 is 29.1. The van der Waals surface area contributed by atoms with Gasteiger partial charge in [-0.2, -0.15) is 0 Å². The van der Waals surface area contributed by atoms with Crippen LogP contribution in [0.3, 0.4) is 0 Å². The second-order valence-electron chi connectivity index (χ2n) is 11.3. The SMILES string of the molecule is CC(=O)OCCOc1c2cccc1Cc1cccc(c1OCCO)Cc1cccc(c1OCCOC(C)=O)Cc1cccc(c1O)C2. The van der Waals surface area contributed by atoms with Crippen molar-refractivity contribution in [3.63, 3.8) is 0 Å². The molecule has 9 nitrogen and oxygen atoms in total. The summed E-state index contributed by atoms with van der Waals surface area (Å²) in [4.78, 5) is 22.8. The third-order valence-electron chi connectivity index (χ3n) is 7.87. The maximum Gasteiger partial charge on any atom is 0.302 e. The maximum absolute atomic E-state index is 11.5. The molecule has 9 heteroatoms. The number of carbonyl (C=O) groups excluding carboxylic acids is 2. The zero-order valence-electron chi connectivity index (χ0n) is 26.8. The van der Waals surface area contributed by atoms with Crippen LogP contribution in [0.15, 0.2) is 72.8 Å². The fourth-order valence-corrected chi connectivity index (χ4v) is 5.86. The third-order valence-corrected chi connectivity index (χ3v) is 7.87. The van der Waals surface area contributed by atoms with E-state index in [0.717, 1.165) is 44.5 Å². The molecule has 246 valence electrons. The molecule has 0 aromatic heterocycles. The maximum atomic E-state index is 11.5. The van der Waals surface area contributed by atoms with Crippen LogP contribution in [-0.2, 0) is 44.7 Å². The molecule has 0 fully saturated rings. The number of hydrogen-bond acceptors (Lipinski definition) is 9. The minimum absolute atomic E-state index is 0.104. The van der Waals surface area contributed by atoms with Crippen molar-refractivity contribution >= 4 is 11.9 Å². The summed E-state index contributed by atoms with van der Waals surface area (Å²) in [5, 5.41) is 21.2. The molecule has 1 aliphatic carbocycles. The standard InChI is InChI=1S/C38H40O9/c1-25(40)43-17-19-46-37-29-9-4-13-33(37)23-31-11-6-12-32(36(31)45-16-15-39)24-34-14-5-10-30(38(34)47-20-18-44-26(2)41)22-28-8-3-7-27(21-29)35(28)42/h3-14,39,42H,15-24H2,1-2H3. The van der Waals surface area contributed by atoms with Crippen molar-refractivity contribution < 1.29 is 43.5 Å². The van der Waals surface area contributed by atoms with Crippen molar-refractivity contribution in [1.82, 2.24) is 0 Å². The van der Waals surface area contributed by atoms with Crippen LogP contribution >= 0.6 is 0 Å². The van der Waals surface area contributed by atoms with E-state index in [-0.39, 0.29) is 57.3 Å². The van der Waals surface area contributed by atoms with Crippen molar-refractivity contribution in [2.45, 2.75) is 39.5 Å². The van der Waals surface area contributed by atoms with Gasteiger partial charge in [-0.15, -0.1) is 0 Å². The minimum Gasteiger partial charge on any atom is -0.507 e. The minimum atomic E-state index is -0.379. The zero-order chi connectivity index (χ0) is 33.2. The Balaban J connectivity index is 1.64. The molecule has 0 radical (unpaired) electrons. The van der Waals surface area contributed by atoms with Crippen molar-refractivity contribution in [3.05, 3.63) is 117 Å². The van der Waals surface area contributed by atoms with Gasteiger partial charge >= 0.3 is 11.9 Å².